The van der Waals surface area contributed by atoms with Gasteiger partial charge in [-0.3, -0.25) is 9.08 Å². The molecule has 0 radical (unpaired) electrons. The topological polar surface area (TPSA) is 72.9 Å². The molecule has 5 rings (SSSR count). The molecule has 0 aliphatic heterocycles. The molecule has 7 nitrogen and oxygen atoms in total. The van der Waals surface area contributed by atoms with E-state index < -0.39 is 0 Å². The second-order valence-electron chi connectivity index (χ2n) is 6.03. The van der Waals surface area contributed by atoms with Crippen molar-refractivity contribution < 1.29 is 0 Å². The monoisotopic (exact) mass is 337 g/mol. The highest BCUT2D eigenvalue weighted by atomic mass is 32.1. The van der Waals surface area contributed by atoms with Crippen LogP contribution in [0.4, 0.5) is 10.8 Å². The number of nitrogens with zero attached hydrogens (tertiary/aromatic N) is 6. The molecule has 1 saturated carbocycles. The first-order valence-electron chi connectivity index (χ1n) is 7.82. The maximum atomic E-state index is 4.54. The van der Waals surface area contributed by atoms with Crippen molar-refractivity contribution in [3.05, 3.63) is 42.7 Å². The molecule has 1 fully saturated rings. The Morgan fingerprint density at radius 2 is 2.17 bits per heavy atom. The van der Waals surface area contributed by atoms with Crippen LogP contribution < -0.4 is 5.32 Å². The quantitative estimate of drug-likeness (QED) is 0.619. The number of rotatable bonds is 4. The molecular weight excluding hydrogens is 322 g/mol. The lowest BCUT2D eigenvalue weighted by Gasteiger charge is -2.04. The predicted molar refractivity (Wildman–Crippen MR) is 92.6 cm³/mol. The Labute approximate surface area is 142 Å². The summed E-state index contributed by atoms with van der Waals surface area (Å²) in [5, 5.41) is 8.60. The first kappa shape index (κ1) is 13.7. The van der Waals surface area contributed by atoms with E-state index in [0.717, 1.165) is 27.7 Å². The number of nitrogens with one attached hydrogen (secondary N) is 1. The van der Waals surface area contributed by atoms with Crippen LogP contribution in [0, 0.1) is 0 Å². The highest BCUT2D eigenvalue weighted by Gasteiger charge is 2.26. The fourth-order valence-electron chi connectivity index (χ4n) is 2.81. The third kappa shape index (κ3) is 2.26. The minimum Gasteiger partial charge on any atom is -0.328 e. The fourth-order valence-corrected chi connectivity index (χ4v) is 3.53. The average molecular weight is 337 g/mol. The number of hydrogen-bond acceptors (Lipinski definition) is 6. The Balaban J connectivity index is 1.52. The van der Waals surface area contributed by atoms with E-state index in [1.165, 1.54) is 30.1 Å². The van der Waals surface area contributed by atoms with Crippen LogP contribution >= 0.6 is 11.5 Å². The van der Waals surface area contributed by atoms with Gasteiger partial charge in [0.15, 0.2) is 11.5 Å². The van der Waals surface area contributed by atoms with Crippen LogP contribution in [-0.4, -0.2) is 28.5 Å². The lowest BCUT2D eigenvalue weighted by Crippen LogP contribution is -1.97. The van der Waals surface area contributed by atoms with Crippen molar-refractivity contribution in [3.63, 3.8) is 0 Å². The van der Waals surface area contributed by atoms with E-state index in [2.05, 4.69) is 30.8 Å². The number of aryl methyl sites for hydroxylation is 1. The molecule has 1 aliphatic carbocycles. The van der Waals surface area contributed by atoms with Gasteiger partial charge in [0.2, 0.25) is 0 Å². The zero-order chi connectivity index (χ0) is 16.1. The largest absolute Gasteiger partial charge is 0.328 e. The predicted octanol–water partition coefficient (Wildman–Crippen LogP) is 3.21. The normalized spacial score (nSPS) is 14.4. The fraction of sp³-hybridized carbons (Fsp3) is 0.250. The molecule has 120 valence electrons. The zero-order valence-corrected chi connectivity index (χ0v) is 13.9. The van der Waals surface area contributed by atoms with Crippen molar-refractivity contribution in [1.82, 2.24) is 28.5 Å². The molecule has 0 amide bonds. The van der Waals surface area contributed by atoms with Crippen molar-refractivity contribution in [3.8, 4) is 11.3 Å². The van der Waals surface area contributed by atoms with Crippen LogP contribution in [0.15, 0.2) is 37.1 Å². The van der Waals surface area contributed by atoms with Crippen LogP contribution in [0.2, 0.25) is 0 Å². The molecule has 0 unspecified atom stereocenters. The Hall–Kier alpha value is -2.74. The summed E-state index contributed by atoms with van der Waals surface area (Å²) in [5.74, 6) is 1.39. The van der Waals surface area contributed by atoms with Gasteiger partial charge in [0, 0.05) is 37.1 Å². The van der Waals surface area contributed by atoms with Gasteiger partial charge in [-0.1, -0.05) is 0 Å². The maximum Gasteiger partial charge on any atom is 0.180 e. The van der Waals surface area contributed by atoms with Gasteiger partial charge < -0.3 is 5.32 Å². The SMILES string of the molecule is Cn1cc(-c2cnc3c(Nc4cc(C5CC5)ns4)nccn23)cn1. The molecule has 0 bridgehead atoms. The molecule has 4 aromatic rings. The van der Waals surface area contributed by atoms with E-state index in [0.29, 0.717) is 5.92 Å². The number of anilines is 2. The first-order valence-corrected chi connectivity index (χ1v) is 8.60. The molecule has 0 saturated heterocycles. The summed E-state index contributed by atoms with van der Waals surface area (Å²) in [7, 11) is 1.91. The van der Waals surface area contributed by atoms with Gasteiger partial charge in [-0.2, -0.15) is 9.47 Å². The molecule has 24 heavy (non-hydrogen) atoms. The van der Waals surface area contributed by atoms with Crippen LogP contribution in [-0.2, 0) is 7.05 Å². The molecule has 0 spiro atoms. The molecule has 8 heteroatoms. The average Bonchev–Trinajstić information content (AvgIpc) is 2.97. The van der Waals surface area contributed by atoms with E-state index in [4.69, 9.17) is 0 Å². The second kappa shape index (κ2) is 5.13. The standard InChI is InChI=1S/C16H15N7S/c1-22-9-11(7-19-22)13-8-18-16-15(17-4-5-23(13)16)20-14-6-12(21-24-14)10-2-3-10/h4-10H,2-3H2,1H3,(H,17,20). The summed E-state index contributed by atoms with van der Waals surface area (Å²) in [4.78, 5) is 8.99. The van der Waals surface area contributed by atoms with Crippen LogP contribution in [0.25, 0.3) is 16.9 Å². The van der Waals surface area contributed by atoms with Crippen molar-refractivity contribution >= 4 is 28.0 Å². The number of aromatic nitrogens is 6. The van der Waals surface area contributed by atoms with E-state index in [1.807, 2.05) is 36.2 Å². The Bertz CT molecular complexity index is 1020. The minimum absolute atomic E-state index is 0.657. The Morgan fingerprint density at radius 1 is 1.25 bits per heavy atom. The minimum atomic E-state index is 0.657. The zero-order valence-electron chi connectivity index (χ0n) is 13.0. The molecule has 0 aromatic carbocycles. The Kier molecular flexibility index (Phi) is 2.93. The third-order valence-corrected chi connectivity index (χ3v) is 4.91. The lowest BCUT2D eigenvalue weighted by molar-refractivity contribution is 0.768. The summed E-state index contributed by atoms with van der Waals surface area (Å²) in [6, 6.07) is 2.12. The van der Waals surface area contributed by atoms with E-state index in [1.54, 1.807) is 10.9 Å². The number of fused-ring (bicyclic) bond motifs is 1. The first-order chi connectivity index (χ1) is 11.8. The van der Waals surface area contributed by atoms with E-state index >= 15 is 0 Å². The van der Waals surface area contributed by atoms with Crippen molar-refractivity contribution in [2.45, 2.75) is 18.8 Å². The van der Waals surface area contributed by atoms with Crippen molar-refractivity contribution in [1.29, 1.82) is 0 Å². The van der Waals surface area contributed by atoms with Crippen LogP contribution in [0.3, 0.4) is 0 Å². The summed E-state index contributed by atoms with van der Waals surface area (Å²) in [5.41, 5.74) is 3.99. The van der Waals surface area contributed by atoms with Gasteiger partial charge in [-0.15, -0.1) is 0 Å². The van der Waals surface area contributed by atoms with Gasteiger partial charge in [-0.05, 0) is 30.4 Å². The summed E-state index contributed by atoms with van der Waals surface area (Å²) < 4.78 is 8.33. The van der Waals surface area contributed by atoms with Gasteiger partial charge in [0.05, 0.1) is 23.8 Å². The van der Waals surface area contributed by atoms with Gasteiger partial charge >= 0.3 is 0 Å². The summed E-state index contributed by atoms with van der Waals surface area (Å²) in [6.07, 6.45) is 11.9. The smallest absolute Gasteiger partial charge is 0.180 e. The second-order valence-corrected chi connectivity index (χ2v) is 6.84. The van der Waals surface area contributed by atoms with Crippen molar-refractivity contribution in [2.75, 3.05) is 5.32 Å². The van der Waals surface area contributed by atoms with E-state index in [-0.39, 0.29) is 0 Å². The summed E-state index contributed by atoms with van der Waals surface area (Å²) in [6.45, 7) is 0. The lowest BCUT2D eigenvalue weighted by atomic mass is 10.3. The number of imidazole rings is 1. The van der Waals surface area contributed by atoms with Gasteiger partial charge in [0.25, 0.3) is 0 Å². The van der Waals surface area contributed by atoms with Crippen molar-refractivity contribution in [2.24, 2.45) is 7.05 Å². The number of hydrogen-bond donors (Lipinski definition) is 1. The molecule has 4 aromatic heterocycles. The summed E-state index contributed by atoms with van der Waals surface area (Å²) >= 11 is 1.48. The van der Waals surface area contributed by atoms with Gasteiger partial charge in [0.1, 0.15) is 5.00 Å². The Morgan fingerprint density at radius 3 is 2.96 bits per heavy atom. The van der Waals surface area contributed by atoms with Crippen LogP contribution in [0.5, 0.6) is 0 Å². The molecule has 1 aliphatic rings. The highest BCUT2D eigenvalue weighted by molar-refractivity contribution is 7.10. The molecule has 0 atom stereocenters. The molecule has 1 N–H and O–H groups in total. The maximum absolute atomic E-state index is 4.54. The van der Waals surface area contributed by atoms with Gasteiger partial charge in [-0.25, -0.2) is 9.97 Å². The molecular formula is C16H15N7S. The van der Waals surface area contributed by atoms with E-state index in [9.17, 15) is 0 Å². The third-order valence-electron chi connectivity index (χ3n) is 4.19. The van der Waals surface area contributed by atoms with Crippen LogP contribution in [0.1, 0.15) is 24.5 Å². The highest BCUT2D eigenvalue weighted by Crippen LogP contribution is 2.41. The molecule has 4 heterocycles.